The van der Waals surface area contributed by atoms with Gasteiger partial charge in [-0.1, -0.05) is 91.5 Å². The molecule has 1 saturated carbocycles. The van der Waals surface area contributed by atoms with Crippen LogP contribution in [0.4, 0.5) is 11.4 Å². The minimum absolute atomic E-state index is 0.00503. The second-order valence-corrected chi connectivity index (χ2v) is 14.1. The Morgan fingerprint density at radius 2 is 1.44 bits per heavy atom. The normalized spacial score (nSPS) is 14.1. The number of carbonyl (C=O) groups excluding carboxylic acids is 2. The number of nitro groups is 1. The van der Waals surface area contributed by atoms with Gasteiger partial charge in [0.05, 0.1) is 15.5 Å². The van der Waals surface area contributed by atoms with Crippen molar-refractivity contribution in [3.63, 3.8) is 0 Å². The Morgan fingerprint density at radius 1 is 0.833 bits per heavy atom. The minimum Gasteiger partial charge on any atom is -0.352 e. The Labute approximate surface area is 285 Å². The molecule has 4 aromatic rings. The molecule has 0 bridgehead atoms. The van der Waals surface area contributed by atoms with Crippen LogP contribution in [-0.2, 0) is 32.6 Å². The van der Waals surface area contributed by atoms with E-state index in [0.717, 1.165) is 42.0 Å². The van der Waals surface area contributed by atoms with Gasteiger partial charge in [0.2, 0.25) is 11.8 Å². The lowest BCUT2D eigenvalue weighted by molar-refractivity contribution is -0.384. The second-order valence-electron chi connectivity index (χ2n) is 11.8. The Kier molecular flexibility index (Phi) is 11.5. The maximum Gasteiger partial charge on any atom is 0.269 e. The first-order valence-corrected chi connectivity index (χ1v) is 17.6. The number of hydrogen-bond acceptors (Lipinski definition) is 6. The average molecular weight is 689 g/mol. The molecule has 10 nitrogen and oxygen atoms in total. The smallest absolute Gasteiger partial charge is 0.269 e. The van der Waals surface area contributed by atoms with Crippen LogP contribution in [0.2, 0.25) is 5.02 Å². The van der Waals surface area contributed by atoms with Gasteiger partial charge in [-0.25, -0.2) is 8.42 Å². The number of rotatable bonds is 13. The summed E-state index contributed by atoms with van der Waals surface area (Å²) in [6, 6.07) is 27.9. The van der Waals surface area contributed by atoms with Gasteiger partial charge in [-0.3, -0.25) is 24.0 Å². The molecule has 0 saturated heterocycles. The topological polar surface area (TPSA) is 130 Å². The molecule has 2 amide bonds. The quantitative estimate of drug-likeness (QED) is 0.126. The number of sulfonamides is 1. The van der Waals surface area contributed by atoms with E-state index < -0.39 is 33.4 Å². The largest absolute Gasteiger partial charge is 0.352 e. The average Bonchev–Trinajstić information content (AvgIpc) is 3.10. The maximum absolute atomic E-state index is 14.6. The number of nitrogens with zero attached hydrogens (tertiary/aromatic N) is 3. The fourth-order valence-corrected chi connectivity index (χ4v) is 7.44. The number of halogens is 1. The molecular weight excluding hydrogens is 652 g/mol. The van der Waals surface area contributed by atoms with Crippen molar-refractivity contribution in [1.82, 2.24) is 10.2 Å². The van der Waals surface area contributed by atoms with Crippen LogP contribution in [-0.4, -0.2) is 48.7 Å². The molecule has 1 N–H and O–H groups in total. The molecule has 0 unspecified atom stereocenters. The van der Waals surface area contributed by atoms with Crippen molar-refractivity contribution in [2.75, 3.05) is 10.8 Å². The van der Waals surface area contributed by atoms with Crippen molar-refractivity contribution < 1.29 is 22.9 Å². The number of anilines is 1. The summed E-state index contributed by atoms with van der Waals surface area (Å²) >= 11 is 6.16. The lowest BCUT2D eigenvalue weighted by atomic mass is 9.94. The lowest BCUT2D eigenvalue weighted by Gasteiger charge is -2.35. The first-order valence-electron chi connectivity index (χ1n) is 15.8. The van der Waals surface area contributed by atoms with Crippen molar-refractivity contribution in [3.05, 3.63) is 135 Å². The van der Waals surface area contributed by atoms with E-state index in [-0.39, 0.29) is 41.2 Å². The molecule has 48 heavy (non-hydrogen) atoms. The van der Waals surface area contributed by atoms with Crippen molar-refractivity contribution >= 4 is 44.8 Å². The number of amides is 2. The number of carbonyl (C=O) groups is 2. The number of non-ortho nitro benzene ring substituents is 1. The van der Waals surface area contributed by atoms with Crippen molar-refractivity contribution in [3.8, 4) is 0 Å². The zero-order chi connectivity index (χ0) is 34.1. The van der Waals surface area contributed by atoms with Gasteiger partial charge in [0.25, 0.3) is 15.7 Å². The van der Waals surface area contributed by atoms with E-state index in [9.17, 15) is 28.1 Å². The number of hydrogen-bond donors (Lipinski definition) is 1. The van der Waals surface area contributed by atoms with Gasteiger partial charge in [-0.2, -0.15) is 0 Å². The van der Waals surface area contributed by atoms with Crippen molar-refractivity contribution in [2.45, 2.75) is 62.0 Å². The Balaban J connectivity index is 1.56. The highest BCUT2D eigenvalue weighted by Crippen LogP contribution is 2.27. The molecule has 250 valence electrons. The van der Waals surface area contributed by atoms with E-state index >= 15 is 0 Å². The van der Waals surface area contributed by atoms with Gasteiger partial charge < -0.3 is 10.2 Å². The van der Waals surface area contributed by atoms with E-state index in [1.54, 1.807) is 42.5 Å². The molecule has 0 heterocycles. The highest BCUT2D eigenvalue weighted by molar-refractivity contribution is 7.92. The molecule has 0 spiro atoms. The van der Waals surface area contributed by atoms with E-state index in [0.29, 0.717) is 10.6 Å². The summed E-state index contributed by atoms with van der Waals surface area (Å²) in [5, 5.41) is 15.0. The molecule has 12 heteroatoms. The van der Waals surface area contributed by atoms with E-state index in [2.05, 4.69) is 5.32 Å². The van der Waals surface area contributed by atoms with Crippen LogP contribution in [0.15, 0.2) is 114 Å². The van der Waals surface area contributed by atoms with Gasteiger partial charge in [-0.15, -0.1) is 0 Å². The van der Waals surface area contributed by atoms with Crippen molar-refractivity contribution in [2.24, 2.45) is 0 Å². The zero-order valence-electron chi connectivity index (χ0n) is 26.3. The first-order chi connectivity index (χ1) is 23.1. The summed E-state index contributed by atoms with van der Waals surface area (Å²) in [4.78, 5) is 40.9. The van der Waals surface area contributed by atoms with Crippen LogP contribution >= 0.6 is 11.6 Å². The summed E-state index contributed by atoms with van der Waals surface area (Å²) in [6.07, 6.45) is 5.00. The van der Waals surface area contributed by atoms with Crippen LogP contribution < -0.4 is 9.62 Å². The first kappa shape index (κ1) is 34.6. The van der Waals surface area contributed by atoms with Crippen LogP contribution in [0, 0.1) is 10.1 Å². The highest BCUT2D eigenvalue weighted by Gasteiger charge is 2.35. The predicted molar refractivity (Wildman–Crippen MR) is 185 cm³/mol. The lowest BCUT2D eigenvalue weighted by Crippen LogP contribution is -2.55. The Bertz CT molecular complexity index is 1800. The fourth-order valence-electron chi connectivity index (χ4n) is 5.87. The third kappa shape index (κ3) is 8.78. The van der Waals surface area contributed by atoms with Gasteiger partial charge in [0, 0.05) is 36.2 Å². The predicted octanol–water partition coefficient (Wildman–Crippen LogP) is 6.53. The summed E-state index contributed by atoms with van der Waals surface area (Å²) in [6.45, 7) is -0.657. The van der Waals surface area contributed by atoms with Gasteiger partial charge >= 0.3 is 0 Å². The van der Waals surface area contributed by atoms with E-state index in [4.69, 9.17) is 11.6 Å². The molecule has 0 aliphatic heterocycles. The van der Waals surface area contributed by atoms with Gasteiger partial charge in [-0.05, 0) is 60.4 Å². The maximum atomic E-state index is 14.6. The zero-order valence-corrected chi connectivity index (χ0v) is 27.9. The van der Waals surface area contributed by atoms with E-state index in [1.165, 1.54) is 41.3 Å². The fraction of sp³-hybridized carbons (Fsp3) is 0.278. The van der Waals surface area contributed by atoms with Crippen molar-refractivity contribution in [1.29, 1.82) is 0 Å². The molecule has 5 rings (SSSR count). The summed E-state index contributed by atoms with van der Waals surface area (Å²) in [5.74, 6) is -0.941. The molecule has 1 fully saturated rings. The molecule has 0 aromatic heterocycles. The molecule has 1 atom stereocenters. The van der Waals surface area contributed by atoms with Crippen LogP contribution in [0.25, 0.3) is 0 Å². The molecular formula is C36H37ClN4O6S. The third-order valence-corrected chi connectivity index (χ3v) is 10.5. The summed E-state index contributed by atoms with van der Waals surface area (Å²) in [5.41, 5.74) is 1.37. The molecule has 4 aromatic carbocycles. The molecule has 1 aliphatic carbocycles. The Hall–Kier alpha value is -4.74. The molecule has 1 aliphatic rings. The minimum atomic E-state index is -4.32. The Morgan fingerprint density at radius 3 is 2.04 bits per heavy atom. The third-order valence-electron chi connectivity index (χ3n) is 8.45. The van der Waals surface area contributed by atoms with Gasteiger partial charge in [0.1, 0.15) is 12.6 Å². The summed E-state index contributed by atoms with van der Waals surface area (Å²) < 4.78 is 29.1. The standard InChI is InChI=1S/C36H37ClN4O6S/c37-29-18-16-28(17-19-29)25-39(34(24-27-10-4-1-5-11-27)36(43)38-30-12-6-2-7-13-30)35(42)26-40(31-20-22-32(23-21-31)41(44)45)48(46,47)33-14-8-3-9-15-33/h1,3-5,8-11,14-23,30,34H,2,6-7,12-13,24-26H2,(H,38,43)/t34-/m1/s1. The second kappa shape index (κ2) is 15.9. The number of nitrogens with one attached hydrogen (secondary N) is 1. The molecule has 0 radical (unpaired) electrons. The van der Waals surface area contributed by atoms with Gasteiger partial charge in [0.15, 0.2) is 0 Å². The van der Waals surface area contributed by atoms with Crippen LogP contribution in [0.1, 0.15) is 43.2 Å². The highest BCUT2D eigenvalue weighted by atomic mass is 35.5. The van der Waals surface area contributed by atoms with Crippen LogP contribution in [0.3, 0.4) is 0 Å². The number of benzene rings is 4. The van der Waals surface area contributed by atoms with E-state index in [1.807, 2.05) is 30.3 Å². The SMILES string of the molecule is O=C(NC1CCCCC1)[C@@H](Cc1ccccc1)N(Cc1ccc(Cl)cc1)C(=O)CN(c1ccc([N+](=O)[O-])cc1)S(=O)(=O)c1ccccc1. The monoisotopic (exact) mass is 688 g/mol. The summed E-state index contributed by atoms with van der Waals surface area (Å²) in [7, 11) is -4.32. The van der Waals surface area contributed by atoms with Crippen LogP contribution in [0.5, 0.6) is 0 Å². The number of nitro benzene ring substituents is 1.